The van der Waals surface area contributed by atoms with E-state index in [4.69, 9.17) is 67.5 Å². The maximum atomic E-state index is 6.66. The molecule has 14 aromatic carbocycles. The smallest absolute Gasteiger partial charge is 0.167 e. The lowest BCUT2D eigenvalue weighted by Gasteiger charge is -2.09. The molecule has 0 aliphatic rings. The number of thiophene rings is 2. The predicted octanol–water partition coefficient (Wildman–Crippen LogP) is 26.3. The van der Waals surface area contributed by atoms with E-state index in [9.17, 15) is 0 Å². The lowest BCUT2D eigenvalue weighted by molar-refractivity contribution is 0.668. The highest BCUT2D eigenvalue weighted by molar-refractivity contribution is 7.26. The molecular formula is C98H54N10O4S2. The summed E-state index contributed by atoms with van der Waals surface area (Å²) >= 11 is 3.43. The zero-order chi connectivity index (χ0) is 74.9. The van der Waals surface area contributed by atoms with E-state index in [1.807, 2.05) is 182 Å². The van der Waals surface area contributed by atoms with Crippen molar-refractivity contribution < 1.29 is 17.7 Å². The van der Waals surface area contributed by atoms with Gasteiger partial charge in [0.15, 0.2) is 46.6 Å². The molecule has 532 valence electrons. The first kappa shape index (κ1) is 64.8. The molecule has 16 heteroatoms. The van der Waals surface area contributed by atoms with Gasteiger partial charge in [0.05, 0.1) is 42.9 Å². The normalized spacial score (nSPS) is 11.9. The van der Waals surface area contributed by atoms with E-state index in [-0.39, 0.29) is 0 Å². The Morgan fingerprint density at radius 3 is 0.921 bits per heavy atom. The molecule has 0 spiro atoms. The largest absolute Gasteiger partial charge is 0.456 e. The van der Waals surface area contributed by atoms with E-state index < -0.39 is 0 Å². The van der Waals surface area contributed by atoms with E-state index in [0.29, 0.717) is 46.6 Å². The number of para-hydroxylation sites is 4. The fourth-order valence-electron chi connectivity index (χ4n) is 15.8. The van der Waals surface area contributed by atoms with Crippen LogP contribution in [-0.4, -0.2) is 49.8 Å². The van der Waals surface area contributed by atoms with Crippen molar-refractivity contribution in [3.05, 3.63) is 328 Å². The van der Waals surface area contributed by atoms with Crippen molar-refractivity contribution in [3.8, 4) is 114 Å². The number of hydrogen-bond donors (Lipinski definition) is 0. The quantitative estimate of drug-likeness (QED) is 0.126. The summed E-state index contributed by atoms with van der Waals surface area (Å²) in [4.78, 5) is 51.3. The molecule has 0 unspecified atom stereocenters. The van der Waals surface area contributed by atoms with Crippen LogP contribution in [-0.2, 0) is 0 Å². The first-order valence-electron chi connectivity index (χ1n) is 37.3. The first-order valence-corrected chi connectivity index (χ1v) is 39.0. The molecule has 0 bridgehead atoms. The van der Waals surface area contributed by atoms with E-state index in [0.717, 1.165) is 186 Å². The van der Waals surface area contributed by atoms with E-state index in [1.165, 1.54) is 9.40 Å². The SMILES string of the molecule is c1ccc(-c2nc(-c3cccc4c3oc3ccccc34)nc(-c3cccc4oc5cc(-c6nc(-c7ccccc7)nc7c6sc6ccccc67)ccc5c34)n2)cc1.c1ccc(-c2nc(-c3cccc4c3oc3ccccc34)nc(-c3cccc4oc5cc(-c6nc(-c7ccccc7)nc7c6sc6ccccc67)ccc5c34)n2)cc1. The summed E-state index contributed by atoms with van der Waals surface area (Å²) < 4.78 is 30.6. The molecular weight excluding hydrogens is 1450 g/mol. The molecule has 24 rings (SSSR count). The maximum absolute atomic E-state index is 6.66. The number of benzene rings is 14. The van der Waals surface area contributed by atoms with Gasteiger partial charge in [-0.1, -0.05) is 255 Å². The summed E-state index contributed by atoms with van der Waals surface area (Å²) in [5.74, 6) is 4.65. The molecule has 0 aliphatic heterocycles. The van der Waals surface area contributed by atoms with Crippen LogP contribution in [0.4, 0.5) is 0 Å². The number of hydrogen-bond acceptors (Lipinski definition) is 16. The molecule has 0 fully saturated rings. The number of nitrogens with zero attached hydrogens (tertiary/aromatic N) is 10. The molecule has 24 aromatic rings. The summed E-state index contributed by atoms with van der Waals surface area (Å²) in [6.07, 6.45) is 0. The molecule has 10 heterocycles. The monoisotopic (exact) mass is 1500 g/mol. The van der Waals surface area contributed by atoms with Gasteiger partial charge < -0.3 is 17.7 Å². The van der Waals surface area contributed by atoms with Crippen LogP contribution in [0.25, 0.3) is 242 Å². The van der Waals surface area contributed by atoms with Crippen LogP contribution < -0.4 is 0 Å². The van der Waals surface area contributed by atoms with Gasteiger partial charge in [0.2, 0.25) is 0 Å². The van der Waals surface area contributed by atoms with E-state index in [2.05, 4.69) is 146 Å². The molecule has 10 aromatic heterocycles. The number of fused-ring (bicyclic) bond motifs is 18. The summed E-state index contributed by atoms with van der Waals surface area (Å²) in [7, 11) is 0. The van der Waals surface area contributed by atoms with Crippen molar-refractivity contribution in [2.45, 2.75) is 0 Å². The standard InChI is InChI=1S/2C49H27N5O2S/c2*1-3-13-28(14-4-1)46-50-42(45-43(51-46)34-18-8-10-24-40(34)57-45)30-25-26-33-39(27-30)55-38-23-12-20-35(41(33)38)48-52-47(29-15-5-2-6-16-29)53-49(54-48)36-21-11-19-32-31-17-7-9-22-37(31)56-44(32)36/h2*1-27H. The summed E-state index contributed by atoms with van der Waals surface area (Å²) in [6, 6.07) is 110. The van der Waals surface area contributed by atoms with Gasteiger partial charge in [0, 0.05) is 108 Å². The van der Waals surface area contributed by atoms with Crippen LogP contribution in [0.1, 0.15) is 0 Å². The summed E-state index contributed by atoms with van der Waals surface area (Å²) in [5, 5.41) is 10.1. The Kier molecular flexibility index (Phi) is 15.0. The van der Waals surface area contributed by atoms with Crippen LogP contribution >= 0.6 is 22.7 Å². The van der Waals surface area contributed by atoms with E-state index >= 15 is 0 Å². The van der Waals surface area contributed by atoms with Gasteiger partial charge in [-0.05, 0) is 72.8 Å². The molecule has 0 saturated carbocycles. The molecule has 114 heavy (non-hydrogen) atoms. The van der Waals surface area contributed by atoms with Crippen molar-refractivity contribution in [3.63, 3.8) is 0 Å². The Balaban J connectivity index is 0.000000135. The highest BCUT2D eigenvalue weighted by Crippen LogP contribution is 2.47. The van der Waals surface area contributed by atoms with Gasteiger partial charge in [-0.2, -0.15) is 0 Å². The van der Waals surface area contributed by atoms with Gasteiger partial charge in [0.1, 0.15) is 44.7 Å². The van der Waals surface area contributed by atoms with Crippen LogP contribution in [0.3, 0.4) is 0 Å². The van der Waals surface area contributed by atoms with Gasteiger partial charge in [-0.15, -0.1) is 22.7 Å². The minimum Gasteiger partial charge on any atom is -0.456 e. The Morgan fingerprint density at radius 2 is 0.509 bits per heavy atom. The van der Waals surface area contributed by atoms with Crippen molar-refractivity contribution in [2.24, 2.45) is 0 Å². The Bertz CT molecular complexity index is 7540. The lowest BCUT2D eigenvalue weighted by atomic mass is 10.0. The summed E-state index contributed by atoms with van der Waals surface area (Å²) in [6.45, 7) is 0. The van der Waals surface area contributed by atoms with Crippen LogP contribution in [0.15, 0.2) is 345 Å². The topological polar surface area (TPSA) is 181 Å². The highest BCUT2D eigenvalue weighted by atomic mass is 32.1. The molecule has 0 amide bonds. The van der Waals surface area contributed by atoms with Crippen molar-refractivity contribution in [1.29, 1.82) is 0 Å². The Morgan fingerprint density at radius 1 is 0.193 bits per heavy atom. The number of aromatic nitrogens is 10. The van der Waals surface area contributed by atoms with Crippen molar-refractivity contribution in [1.82, 2.24) is 49.8 Å². The zero-order valence-corrected chi connectivity index (χ0v) is 61.7. The molecule has 0 saturated heterocycles. The van der Waals surface area contributed by atoms with Gasteiger partial charge in [-0.3, -0.25) is 0 Å². The highest BCUT2D eigenvalue weighted by Gasteiger charge is 2.26. The third-order valence-corrected chi connectivity index (χ3v) is 23.5. The third-order valence-electron chi connectivity index (χ3n) is 21.2. The molecule has 0 radical (unpaired) electrons. The van der Waals surface area contributed by atoms with Gasteiger partial charge in [-0.25, -0.2) is 49.8 Å². The van der Waals surface area contributed by atoms with Crippen molar-refractivity contribution >= 4 is 151 Å². The lowest BCUT2D eigenvalue weighted by Crippen LogP contribution is -2.00. The maximum Gasteiger partial charge on any atom is 0.167 e. The minimum absolute atomic E-state index is 0.529. The second kappa shape index (κ2) is 26.3. The van der Waals surface area contributed by atoms with Crippen molar-refractivity contribution in [2.75, 3.05) is 0 Å². The Hall–Kier alpha value is -15.1. The predicted molar refractivity (Wildman–Crippen MR) is 460 cm³/mol. The first-order chi connectivity index (χ1) is 56.5. The van der Waals surface area contributed by atoms with Gasteiger partial charge >= 0.3 is 0 Å². The minimum atomic E-state index is 0.529. The molecule has 14 nitrogen and oxygen atoms in total. The third kappa shape index (κ3) is 10.8. The van der Waals surface area contributed by atoms with Gasteiger partial charge in [0.25, 0.3) is 0 Å². The van der Waals surface area contributed by atoms with Crippen LogP contribution in [0.2, 0.25) is 0 Å². The molecule has 0 atom stereocenters. The number of rotatable bonds is 10. The van der Waals surface area contributed by atoms with Crippen LogP contribution in [0.5, 0.6) is 0 Å². The second-order valence-electron chi connectivity index (χ2n) is 28.0. The second-order valence-corrected chi connectivity index (χ2v) is 30.1. The average molecular weight is 1500 g/mol. The van der Waals surface area contributed by atoms with Crippen LogP contribution in [0, 0.1) is 0 Å². The number of furan rings is 4. The average Bonchev–Trinajstić information content (AvgIpc) is 1.57. The Labute approximate surface area is 655 Å². The van der Waals surface area contributed by atoms with E-state index in [1.54, 1.807) is 22.7 Å². The fourth-order valence-corrected chi connectivity index (χ4v) is 18.1. The fraction of sp³-hybridized carbons (Fsp3) is 0. The molecule has 0 aliphatic carbocycles. The molecule has 0 N–H and O–H groups in total. The summed E-state index contributed by atoms with van der Waals surface area (Å²) in [5.41, 5.74) is 18.6. The zero-order valence-electron chi connectivity index (χ0n) is 60.1.